The summed E-state index contributed by atoms with van der Waals surface area (Å²) in [4.78, 5) is 8.90. The maximum absolute atomic E-state index is 13.2. The molecule has 0 bridgehead atoms. The topological polar surface area (TPSA) is 49.8 Å². The summed E-state index contributed by atoms with van der Waals surface area (Å²) in [5, 5.41) is 6.45. The minimum absolute atomic E-state index is 0.206. The Balaban J connectivity index is 1.96. The van der Waals surface area contributed by atoms with Gasteiger partial charge in [0.1, 0.15) is 23.3 Å². The van der Waals surface area contributed by atoms with Gasteiger partial charge < -0.3 is 10.6 Å². The summed E-state index contributed by atoms with van der Waals surface area (Å²) in [6.07, 6.45) is 2.20. The van der Waals surface area contributed by atoms with Crippen LogP contribution in [0.25, 0.3) is 0 Å². The first kappa shape index (κ1) is 14.4. The van der Waals surface area contributed by atoms with Crippen molar-refractivity contribution in [3.05, 3.63) is 39.9 Å². The third kappa shape index (κ3) is 3.19. The van der Waals surface area contributed by atoms with Crippen molar-refractivity contribution in [2.45, 2.75) is 18.8 Å². The third-order valence-corrected chi connectivity index (χ3v) is 3.80. The van der Waals surface area contributed by atoms with Crippen LogP contribution in [0.5, 0.6) is 0 Å². The smallest absolute Gasteiger partial charge is 0.136 e. The number of rotatable bonds is 4. The van der Waals surface area contributed by atoms with Gasteiger partial charge in [-0.05, 0) is 25.0 Å². The van der Waals surface area contributed by atoms with Crippen LogP contribution < -0.4 is 10.6 Å². The standard InChI is InChI=1S/C14H13Cl2FN4/c1-18-11-6-12(21-14(20-11)7-2-3-7)19-13-9(15)4-8(17)5-10(13)16/h4-7H,2-3H2,1H3,(H2,18,19,20,21). The van der Waals surface area contributed by atoms with Crippen molar-refractivity contribution in [2.75, 3.05) is 17.7 Å². The van der Waals surface area contributed by atoms with Crippen molar-refractivity contribution < 1.29 is 4.39 Å². The van der Waals surface area contributed by atoms with Crippen LogP contribution in [-0.4, -0.2) is 17.0 Å². The van der Waals surface area contributed by atoms with E-state index in [9.17, 15) is 4.39 Å². The molecule has 1 saturated carbocycles. The first-order valence-corrected chi connectivity index (χ1v) is 7.30. The maximum atomic E-state index is 13.2. The largest absolute Gasteiger partial charge is 0.373 e. The molecule has 0 aliphatic heterocycles. The molecule has 1 aromatic heterocycles. The Hall–Kier alpha value is -1.59. The molecule has 4 nitrogen and oxygen atoms in total. The van der Waals surface area contributed by atoms with Crippen LogP contribution in [0.15, 0.2) is 18.2 Å². The molecule has 0 radical (unpaired) electrons. The number of anilines is 3. The van der Waals surface area contributed by atoms with Crippen LogP contribution in [0.2, 0.25) is 10.0 Å². The fourth-order valence-electron chi connectivity index (χ4n) is 1.97. The van der Waals surface area contributed by atoms with E-state index in [1.807, 2.05) is 0 Å². The number of nitrogens with one attached hydrogen (secondary N) is 2. The van der Waals surface area contributed by atoms with Crippen molar-refractivity contribution in [3.63, 3.8) is 0 Å². The first-order valence-electron chi connectivity index (χ1n) is 6.55. The third-order valence-electron chi connectivity index (χ3n) is 3.20. The van der Waals surface area contributed by atoms with E-state index in [-0.39, 0.29) is 10.0 Å². The second-order valence-corrected chi connectivity index (χ2v) is 5.70. The molecular weight excluding hydrogens is 314 g/mol. The van der Waals surface area contributed by atoms with Gasteiger partial charge in [-0.25, -0.2) is 14.4 Å². The summed E-state index contributed by atoms with van der Waals surface area (Å²) in [7, 11) is 1.79. The van der Waals surface area contributed by atoms with E-state index in [0.29, 0.717) is 23.2 Å². The van der Waals surface area contributed by atoms with Gasteiger partial charge in [0, 0.05) is 19.0 Å². The molecule has 1 heterocycles. The molecule has 1 fully saturated rings. The lowest BCUT2D eigenvalue weighted by atomic mass is 10.3. The fraction of sp³-hybridized carbons (Fsp3) is 0.286. The van der Waals surface area contributed by atoms with Gasteiger partial charge in [-0.2, -0.15) is 0 Å². The van der Waals surface area contributed by atoms with Crippen LogP contribution >= 0.6 is 23.2 Å². The Morgan fingerprint density at radius 3 is 2.29 bits per heavy atom. The molecule has 1 aliphatic carbocycles. The average Bonchev–Trinajstić information content (AvgIpc) is 3.27. The van der Waals surface area contributed by atoms with Crippen LogP contribution in [0.4, 0.5) is 21.7 Å². The zero-order valence-electron chi connectivity index (χ0n) is 11.3. The summed E-state index contributed by atoms with van der Waals surface area (Å²) in [6.45, 7) is 0. The summed E-state index contributed by atoms with van der Waals surface area (Å²) in [5.74, 6) is 2.01. The maximum Gasteiger partial charge on any atom is 0.136 e. The van der Waals surface area contributed by atoms with E-state index in [4.69, 9.17) is 23.2 Å². The molecule has 21 heavy (non-hydrogen) atoms. The van der Waals surface area contributed by atoms with E-state index in [0.717, 1.165) is 18.7 Å². The van der Waals surface area contributed by atoms with Crippen LogP contribution in [-0.2, 0) is 0 Å². The summed E-state index contributed by atoms with van der Waals surface area (Å²) in [6, 6.07) is 4.16. The normalized spacial score (nSPS) is 14.1. The molecule has 7 heteroatoms. The molecule has 0 atom stereocenters. The minimum Gasteiger partial charge on any atom is -0.373 e. The lowest BCUT2D eigenvalue weighted by molar-refractivity contribution is 0.628. The lowest BCUT2D eigenvalue weighted by Gasteiger charge is -2.12. The van der Waals surface area contributed by atoms with Crippen molar-refractivity contribution in [1.29, 1.82) is 0 Å². The van der Waals surface area contributed by atoms with Crippen molar-refractivity contribution in [2.24, 2.45) is 0 Å². The molecule has 3 rings (SSSR count). The molecule has 110 valence electrons. The van der Waals surface area contributed by atoms with Crippen molar-refractivity contribution in [3.8, 4) is 0 Å². The molecule has 0 unspecified atom stereocenters. The molecule has 2 aromatic rings. The predicted octanol–water partition coefficient (Wildman–Crippen LogP) is 4.59. The van der Waals surface area contributed by atoms with E-state index >= 15 is 0 Å². The van der Waals surface area contributed by atoms with Crippen molar-refractivity contribution >= 4 is 40.5 Å². The molecular formula is C14H13Cl2FN4. The second kappa shape index (κ2) is 5.66. The average molecular weight is 327 g/mol. The van der Waals surface area contributed by atoms with Gasteiger partial charge >= 0.3 is 0 Å². The Labute approximate surface area is 131 Å². The Bertz CT molecular complexity index is 666. The lowest BCUT2D eigenvalue weighted by Crippen LogP contribution is -2.03. The van der Waals surface area contributed by atoms with Gasteiger partial charge in [0.05, 0.1) is 15.7 Å². The van der Waals surface area contributed by atoms with Crippen LogP contribution in [0.1, 0.15) is 24.6 Å². The summed E-state index contributed by atoms with van der Waals surface area (Å²) >= 11 is 12.1. The number of nitrogens with zero attached hydrogens (tertiary/aromatic N) is 2. The van der Waals surface area contributed by atoms with E-state index in [1.165, 1.54) is 12.1 Å². The van der Waals surface area contributed by atoms with Gasteiger partial charge in [-0.3, -0.25) is 0 Å². The number of aromatic nitrogens is 2. The number of halogens is 3. The summed E-state index contributed by atoms with van der Waals surface area (Å²) in [5.41, 5.74) is 0.433. The van der Waals surface area contributed by atoms with E-state index in [1.54, 1.807) is 13.1 Å². The van der Waals surface area contributed by atoms with Crippen LogP contribution in [0, 0.1) is 5.82 Å². The van der Waals surface area contributed by atoms with E-state index in [2.05, 4.69) is 20.6 Å². The number of benzene rings is 1. The highest BCUT2D eigenvalue weighted by molar-refractivity contribution is 6.39. The predicted molar refractivity (Wildman–Crippen MR) is 83.3 cm³/mol. The molecule has 2 N–H and O–H groups in total. The quantitative estimate of drug-likeness (QED) is 0.863. The van der Waals surface area contributed by atoms with E-state index < -0.39 is 5.82 Å². The molecule has 1 aliphatic rings. The van der Waals surface area contributed by atoms with Crippen LogP contribution in [0.3, 0.4) is 0 Å². The number of hydrogen-bond donors (Lipinski definition) is 2. The highest BCUT2D eigenvalue weighted by Gasteiger charge is 2.27. The molecule has 1 aromatic carbocycles. The monoisotopic (exact) mass is 326 g/mol. The molecule has 0 amide bonds. The van der Waals surface area contributed by atoms with Gasteiger partial charge in [-0.1, -0.05) is 23.2 Å². The van der Waals surface area contributed by atoms with Gasteiger partial charge in [0.15, 0.2) is 0 Å². The zero-order chi connectivity index (χ0) is 15.0. The van der Waals surface area contributed by atoms with Crippen molar-refractivity contribution in [1.82, 2.24) is 9.97 Å². The van der Waals surface area contributed by atoms with Gasteiger partial charge in [0.25, 0.3) is 0 Å². The number of hydrogen-bond acceptors (Lipinski definition) is 4. The Kier molecular flexibility index (Phi) is 3.87. The zero-order valence-corrected chi connectivity index (χ0v) is 12.8. The molecule has 0 saturated heterocycles. The van der Waals surface area contributed by atoms with Gasteiger partial charge in [-0.15, -0.1) is 0 Å². The molecule has 0 spiro atoms. The van der Waals surface area contributed by atoms with Gasteiger partial charge in [0.2, 0.25) is 0 Å². The Morgan fingerprint density at radius 2 is 1.71 bits per heavy atom. The fourth-order valence-corrected chi connectivity index (χ4v) is 2.53. The Morgan fingerprint density at radius 1 is 1.10 bits per heavy atom. The minimum atomic E-state index is -0.479. The summed E-state index contributed by atoms with van der Waals surface area (Å²) < 4.78 is 13.2. The second-order valence-electron chi connectivity index (χ2n) is 4.89. The highest BCUT2D eigenvalue weighted by atomic mass is 35.5. The SMILES string of the molecule is CNc1cc(Nc2c(Cl)cc(F)cc2Cl)nc(C2CC2)n1. The first-order chi connectivity index (χ1) is 10.1. The highest BCUT2D eigenvalue weighted by Crippen LogP contribution is 2.39.